The van der Waals surface area contributed by atoms with Crippen molar-refractivity contribution in [2.24, 2.45) is 15.8 Å². The number of H-pyrrole nitrogens is 1. The summed E-state index contributed by atoms with van der Waals surface area (Å²) in [6, 6.07) is 11.7. The lowest BCUT2D eigenvalue weighted by atomic mass is 9.93. The van der Waals surface area contributed by atoms with Crippen molar-refractivity contribution in [1.29, 1.82) is 0 Å². The lowest BCUT2D eigenvalue weighted by Crippen LogP contribution is -2.45. The molecule has 7 aliphatic rings. The van der Waals surface area contributed by atoms with Gasteiger partial charge in [-0.1, -0.05) is 19.9 Å². The molecule has 2 aromatic carbocycles. The number of ether oxygens (including phenoxy) is 3. The number of aromatic amines is 1. The van der Waals surface area contributed by atoms with Crippen molar-refractivity contribution in [3.63, 3.8) is 0 Å². The van der Waals surface area contributed by atoms with Gasteiger partial charge in [-0.2, -0.15) is 0 Å². The van der Waals surface area contributed by atoms with E-state index in [1.165, 1.54) is 0 Å². The molecular weight excluding hydrogens is 830 g/mol. The first-order chi connectivity index (χ1) is 30.3. The summed E-state index contributed by atoms with van der Waals surface area (Å²) in [4.78, 5) is 49.8. The number of carbonyl (C=O) groups excluding carboxylic acids is 2. The van der Waals surface area contributed by atoms with Gasteiger partial charge in [0.25, 0.3) is 0 Å². The second-order valence-corrected chi connectivity index (χ2v) is 23.0. The van der Waals surface area contributed by atoms with Crippen LogP contribution in [0.1, 0.15) is 140 Å². The third-order valence-electron chi connectivity index (χ3n) is 14.5. The molecule has 0 radical (unpaired) electrons. The summed E-state index contributed by atoms with van der Waals surface area (Å²) in [5.41, 5.74) is 5.21. The number of hydrogen-bond acceptors (Lipinski definition) is 9. The Balaban J connectivity index is 0.863. The number of imidazole rings is 1. The Bertz CT molecular complexity index is 2890. The van der Waals surface area contributed by atoms with Gasteiger partial charge in [-0.15, -0.1) is 11.3 Å². The molecule has 64 heavy (non-hydrogen) atoms. The highest BCUT2D eigenvalue weighted by atomic mass is 32.1. The number of piperidine rings is 2. The number of thiazole rings is 1. The molecule has 2 saturated heterocycles. The molecule has 14 heteroatoms. The van der Waals surface area contributed by atoms with Crippen LogP contribution in [0.25, 0.3) is 39.0 Å². The number of amides is 2. The number of rotatable bonds is 6. The normalized spacial score (nSPS) is 28.9. The number of aliphatic imine (C=N–C) groups is 1. The average molecular weight is 884 g/mol. The van der Waals surface area contributed by atoms with Crippen molar-refractivity contribution >= 4 is 45.7 Å². The standard InChI is InChI=1S/C50H54FN7O5S/c1-47(2,3)62-45(59)57-35(18-49(7)20-39(49)57)31-15-29(22-52-31)27-14-30(51)41-34-16-28-13-26(11-12-33(28)56(34)44(61-37(41)17-27)38-24-54-43(64-38)25-9-10-25)32-23-53-42(55-32)36-19-50(8)21-40(50)58(36)46(60)63-48(4,5)6/h11-14,16-17,22-25,35-36,39-40,44H,9-10,15,18-21H2,1-8H3,(H,53,55). The molecule has 3 aromatic heterocycles. The molecule has 7 atom stereocenters. The molecule has 4 aliphatic heterocycles. The topological polar surface area (TPSA) is 127 Å². The van der Waals surface area contributed by atoms with Crippen molar-refractivity contribution in [2.45, 2.75) is 148 Å². The number of aromatic nitrogens is 4. The van der Waals surface area contributed by atoms with E-state index in [0.717, 1.165) is 93.4 Å². The highest BCUT2D eigenvalue weighted by Gasteiger charge is 2.65. The van der Waals surface area contributed by atoms with E-state index in [1.54, 1.807) is 17.4 Å². The highest BCUT2D eigenvalue weighted by Crippen LogP contribution is 2.63. The molecule has 2 amide bonds. The Kier molecular flexibility index (Phi) is 8.32. The van der Waals surface area contributed by atoms with Crippen LogP contribution in [-0.2, 0) is 9.47 Å². The molecule has 12 rings (SSSR count). The van der Waals surface area contributed by atoms with E-state index >= 15 is 4.39 Å². The fourth-order valence-electron chi connectivity index (χ4n) is 11.0. The third-order valence-corrected chi connectivity index (χ3v) is 15.7. The Morgan fingerprint density at radius 1 is 0.859 bits per heavy atom. The number of fused-ring (bicyclic) bond motifs is 7. The molecular formula is C50H54FN7O5S. The van der Waals surface area contributed by atoms with Crippen LogP contribution in [0, 0.1) is 16.6 Å². The van der Waals surface area contributed by atoms with Gasteiger partial charge >= 0.3 is 12.2 Å². The van der Waals surface area contributed by atoms with Gasteiger partial charge in [0.05, 0.1) is 50.6 Å². The van der Waals surface area contributed by atoms with Crippen LogP contribution >= 0.6 is 11.3 Å². The zero-order valence-electron chi connectivity index (χ0n) is 37.6. The van der Waals surface area contributed by atoms with Crippen molar-refractivity contribution in [2.75, 3.05) is 0 Å². The number of allylic oxidation sites excluding steroid dienone is 1. The van der Waals surface area contributed by atoms with Crippen molar-refractivity contribution < 1.29 is 28.2 Å². The largest absolute Gasteiger partial charge is 0.464 e. The van der Waals surface area contributed by atoms with E-state index in [2.05, 4.69) is 47.7 Å². The first kappa shape index (κ1) is 40.0. The Labute approximate surface area is 375 Å². The van der Waals surface area contributed by atoms with Crippen LogP contribution in [0.3, 0.4) is 0 Å². The fraction of sp³-hybridized carbons (Fsp3) is 0.500. The lowest BCUT2D eigenvalue weighted by molar-refractivity contribution is 0.0172. The molecule has 3 aliphatic carbocycles. The smallest absolute Gasteiger partial charge is 0.411 e. The number of halogens is 1. The predicted octanol–water partition coefficient (Wildman–Crippen LogP) is 11.5. The van der Waals surface area contributed by atoms with E-state index in [4.69, 9.17) is 29.2 Å². The number of hydrogen-bond donors (Lipinski definition) is 1. The van der Waals surface area contributed by atoms with Crippen molar-refractivity contribution in [3.05, 3.63) is 82.1 Å². The maximum atomic E-state index is 16.9. The predicted molar refractivity (Wildman–Crippen MR) is 243 cm³/mol. The summed E-state index contributed by atoms with van der Waals surface area (Å²) in [6.45, 7) is 15.8. The molecule has 12 nitrogen and oxygen atoms in total. The minimum Gasteiger partial charge on any atom is -0.464 e. The summed E-state index contributed by atoms with van der Waals surface area (Å²) in [5.74, 6) is 1.31. The summed E-state index contributed by atoms with van der Waals surface area (Å²) in [7, 11) is 0. The summed E-state index contributed by atoms with van der Waals surface area (Å²) >= 11 is 1.67. The molecule has 0 spiro atoms. The van der Waals surface area contributed by atoms with Gasteiger partial charge in [-0.25, -0.2) is 23.9 Å². The molecule has 7 unspecified atom stereocenters. The number of benzene rings is 2. The van der Waals surface area contributed by atoms with Crippen LogP contribution in [0.4, 0.5) is 14.0 Å². The van der Waals surface area contributed by atoms with Gasteiger partial charge in [-0.3, -0.25) is 19.4 Å². The van der Waals surface area contributed by atoms with Crippen LogP contribution in [0.5, 0.6) is 5.75 Å². The van der Waals surface area contributed by atoms with E-state index in [1.807, 2.05) is 76.0 Å². The molecule has 332 valence electrons. The maximum absolute atomic E-state index is 16.9. The second-order valence-electron chi connectivity index (χ2n) is 21.9. The highest BCUT2D eigenvalue weighted by molar-refractivity contribution is 7.11. The monoisotopic (exact) mass is 883 g/mol. The molecule has 3 saturated carbocycles. The number of carbonyl (C=O) groups is 2. The van der Waals surface area contributed by atoms with Crippen LogP contribution in [-0.4, -0.2) is 76.5 Å². The van der Waals surface area contributed by atoms with Gasteiger partial charge in [-0.05, 0) is 132 Å². The number of nitrogens with zero attached hydrogens (tertiary/aromatic N) is 6. The van der Waals surface area contributed by atoms with E-state index < -0.39 is 17.4 Å². The van der Waals surface area contributed by atoms with Gasteiger partial charge in [0.1, 0.15) is 28.6 Å². The van der Waals surface area contributed by atoms with E-state index in [9.17, 15) is 9.59 Å². The van der Waals surface area contributed by atoms with Crippen LogP contribution < -0.4 is 4.74 Å². The van der Waals surface area contributed by atoms with Crippen molar-refractivity contribution in [1.82, 2.24) is 29.3 Å². The summed E-state index contributed by atoms with van der Waals surface area (Å²) in [6.07, 6.45) is 10.8. The Morgan fingerprint density at radius 3 is 2.23 bits per heavy atom. The summed E-state index contributed by atoms with van der Waals surface area (Å²) in [5, 5.41) is 2.04. The molecule has 5 fully saturated rings. The Morgan fingerprint density at radius 2 is 1.55 bits per heavy atom. The van der Waals surface area contributed by atoms with Gasteiger partial charge in [0.2, 0.25) is 6.23 Å². The third kappa shape index (κ3) is 6.51. The number of nitrogens with one attached hydrogen (secondary N) is 1. The molecule has 7 heterocycles. The average Bonchev–Trinajstić information content (AvgIpc) is 3.91. The first-order valence-corrected chi connectivity index (χ1v) is 23.6. The zero-order chi connectivity index (χ0) is 44.4. The quantitative estimate of drug-likeness (QED) is 0.180. The molecule has 0 bridgehead atoms. The minimum absolute atomic E-state index is 0.0592. The SMILES string of the molecule is CC(C)(C)OC(=O)N1C(C2=NC=C(c3cc(F)c4c(c3)OC(c3cnc(C5CC5)s3)n3c-4cc4cc(-c5cnc(C6CC7(C)CC7N6C(=O)OC(C)(C)C)[nH]5)ccc43)C2)CC2(C)CC12. The van der Waals surface area contributed by atoms with Crippen LogP contribution in [0.2, 0.25) is 0 Å². The van der Waals surface area contributed by atoms with Gasteiger partial charge < -0.3 is 19.2 Å². The first-order valence-electron chi connectivity index (χ1n) is 22.8. The number of likely N-dealkylation sites (tertiary alicyclic amines) is 2. The Hall–Kier alpha value is -5.50. The van der Waals surface area contributed by atoms with E-state index in [-0.39, 0.29) is 53.0 Å². The van der Waals surface area contributed by atoms with Crippen LogP contribution in [0.15, 0.2) is 60.0 Å². The van der Waals surface area contributed by atoms with E-state index in [0.29, 0.717) is 29.2 Å². The van der Waals surface area contributed by atoms with Gasteiger partial charge in [0, 0.05) is 53.5 Å². The maximum Gasteiger partial charge on any atom is 0.411 e. The molecule has 5 aromatic rings. The van der Waals surface area contributed by atoms with Crippen molar-refractivity contribution in [3.8, 4) is 28.3 Å². The second kappa shape index (κ2) is 13.3. The zero-order valence-corrected chi connectivity index (χ0v) is 38.4. The molecule has 1 N–H and O–H groups in total. The summed E-state index contributed by atoms with van der Waals surface area (Å²) < 4.78 is 37.6. The fourth-order valence-corrected chi connectivity index (χ4v) is 12.1. The lowest BCUT2D eigenvalue weighted by Gasteiger charge is -2.31. The minimum atomic E-state index is -0.603. The van der Waals surface area contributed by atoms with Gasteiger partial charge in [0.15, 0.2) is 0 Å².